The van der Waals surface area contributed by atoms with Crippen molar-refractivity contribution < 1.29 is 14.4 Å². The first kappa shape index (κ1) is 19.1. The van der Waals surface area contributed by atoms with Crippen molar-refractivity contribution in [2.24, 2.45) is 5.92 Å². The molecule has 3 aromatic rings. The van der Waals surface area contributed by atoms with Crippen molar-refractivity contribution >= 4 is 46.4 Å². The molecule has 0 radical (unpaired) electrons. The Morgan fingerprint density at radius 1 is 0.700 bits per heavy atom. The molecule has 150 valence electrons. The third kappa shape index (κ3) is 3.06. The highest BCUT2D eigenvalue weighted by Crippen LogP contribution is 2.47. The van der Waals surface area contributed by atoms with Gasteiger partial charge in [0.1, 0.15) is 5.92 Å². The van der Waals surface area contributed by atoms with E-state index in [1.54, 1.807) is 41.5 Å². The number of hydrogen-bond donors (Lipinski definition) is 0. The lowest BCUT2D eigenvalue weighted by Crippen LogP contribution is -2.37. The van der Waals surface area contributed by atoms with Crippen molar-refractivity contribution in [2.75, 3.05) is 9.96 Å². The van der Waals surface area contributed by atoms with Crippen LogP contribution in [0.25, 0.3) is 0 Å². The van der Waals surface area contributed by atoms with Crippen LogP contribution in [0.2, 0.25) is 10.0 Å². The Hall–Kier alpha value is -2.86. The standard InChI is InChI=1S/C23H16Cl2N2O3/c24-15-6-10-17(11-7-15)26-22(28)19-20(14-4-2-1-3-5-14)27(30-21(19)23(26)29)18-12-8-16(25)9-13-18/h1-13,19-21H. The average Bonchev–Trinajstić information content (AvgIpc) is 3.26. The van der Waals surface area contributed by atoms with Gasteiger partial charge in [0.15, 0.2) is 6.10 Å². The zero-order valence-electron chi connectivity index (χ0n) is 15.6. The van der Waals surface area contributed by atoms with Crippen molar-refractivity contribution in [1.29, 1.82) is 0 Å². The van der Waals surface area contributed by atoms with E-state index in [2.05, 4.69) is 0 Å². The van der Waals surface area contributed by atoms with Gasteiger partial charge in [0, 0.05) is 10.0 Å². The molecular weight excluding hydrogens is 423 g/mol. The highest BCUT2D eigenvalue weighted by molar-refractivity contribution is 6.31. The Bertz CT molecular complexity index is 1100. The van der Waals surface area contributed by atoms with Crippen LogP contribution in [0.5, 0.6) is 0 Å². The lowest BCUT2D eigenvalue weighted by molar-refractivity contribution is -0.126. The Morgan fingerprint density at radius 2 is 1.27 bits per heavy atom. The van der Waals surface area contributed by atoms with E-state index in [0.717, 1.165) is 11.3 Å². The van der Waals surface area contributed by atoms with Gasteiger partial charge in [0.05, 0.1) is 17.4 Å². The van der Waals surface area contributed by atoms with E-state index in [1.165, 1.54) is 4.90 Å². The van der Waals surface area contributed by atoms with E-state index < -0.39 is 18.1 Å². The maximum Gasteiger partial charge on any atom is 0.266 e. The van der Waals surface area contributed by atoms with E-state index >= 15 is 0 Å². The summed E-state index contributed by atoms with van der Waals surface area (Å²) in [5.41, 5.74) is 2.10. The van der Waals surface area contributed by atoms with Gasteiger partial charge in [-0.3, -0.25) is 14.4 Å². The lowest BCUT2D eigenvalue weighted by Gasteiger charge is -2.28. The number of imide groups is 1. The molecular formula is C23H16Cl2N2O3. The van der Waals surface area contributed by atoms with Crippen LogP contribution in [0.3, 0.4) is 0 Å². The summed E-state index contributed by atoms with van der Waals surface area (Å²) in [6, 6.07) is 22.9. The van der Waals surface area contributed by atoms with E-state index in [1.807, 2.05) is 42.5 Å². The second-order valence-corrected chi connectivity index (χ2v) is 8.07. The van der Waals surface area contributed by atoms with Gasteiger partial charge in [-0.2, -0.15) is 0 Å². The number of hydrogen-bond acceptors (Lipinski definition) is 4. The quantitative estimate of drug-likeness (QED) is 0.537. The molecule has 0 aromatic heterocycles. The van der Waals surface area contributed by atoms with Gasteiger partial charge < -0.3 is 0 Å². The summed E-state index contributed by atoms with van der Waals surface area (Å²) in [6.07, 6.45) is -0.908. The van der Waals surface area contributed by atoms with Crippen LogP contribution in [-0.4, -0.2) is 17.9 Å². The SMILES string of the molecule is O=C1C2ON(c3ccc(Cl)cc3)C(c3ccccc3)C2C(=O)N1c1ccc(Cl)cc1. The highest BCUT2D eigenvalue weighted by atomic mass is 35.5. The topological polar surface area (TPSA) is 49.9 Å². The fourth-order valence-corrected chi connectivity index (χ4v) is 4.31. The number of amides is 2. The van der Waals surface area contributed by atoms with Crippen molar-refractivity contribution in [1.82, 2.24) is 0 Å². The number of halogens is 2. The average molecular weight is 439 g/mol. The molecule has 3 unspecified atom stereocenters. The molecule has 2 heterocycles. The number of carbonyl (C=O) groups is 2. The van der Waals surface area contributed by atoms with Crippen LogP contribution >= 0.6 is 23.2 Å². The molecule has 3 atom stereocenters. The number of hydroxylamine groups is 1. The summed E-state index contributed by atoms with van der Waals surface area (Å²) in [7, 11) is 0. The Morgan fingerprint density at radius 3 is 1.87 bits per heavy atom. The summed E-state index contributed by atoms with van der Waals surface area (Å²) >= 11 is 12.0. The minimum Gasteiger partial charge on any atom is -0.273 e. The van der Waals surface area contributed by atoms with Crippen molar-refractivity contribution in [3.05, 3.63) is 94.5 Å². The Labute approximate surface area is 183 Å². The summed E-state index contributed by atoms with van der Waals surface area (Å²) in [5, 5.41) is 2.77. The van der Waals surface area contributed by atoms with Gasteiger partial charge in [0.2, 0.25) is 5.91 Å². The van der Waals surface area contributed by atoms with Gasteiger partial charge in [-0.05, 0) is 54.1 Å². The molecule has 30 heavy (non-hydrogen) atoms. The first-order valence-corrected chi connectivity index (χ1v) is 10.2. The first-order chi connectivity index (χ1) is 14.5. The highest BCUT2D eigenvalue weighted by Gasteiger charge is 2.60. The number of rotatable bonds is 3. The van der Waals surface area contributed by atoms with E-state index in [4.69, 9.17) is 28.0 Å². The van der Waals surface area contributed by atoms with Gasteiger partial charge >= 0.3 is 0 Å². The fraction of sp³-hybridized carbons (Fsp3) is 0.130. The number of benzene rings is 3. The third-order valence-corrected chi connectivity index (χ3v) is 5.93. The Balaban J connectivity index is 1.57. The minimum absolute atomic E-state index is 0.294. The molecule has 7 heteroatoms. The minimum atomic E-state index is -0.908. The molecule has 2 aliphatic heterocycles. The van der Waals surface area contributed by atoms with Crippen LogP contribution in [0.15, 0.2) is 78.9 Å². The molecule has 0 N–H and O–H groups in total. The van der Waals surface area contributed by atoms with Gasteiger partial charge in [0.25, 0.3) is 5.91 Å². The van der Waals surface area contributed by atoms with Crippen molar-refractivity contribution in [3.8, 4) is 0 Å². The monoisotopic (exact) mass is 438 g/mol. The van der Waals surface area contributed by atoms with Gasteiger partial charge in [-0.15, -0.1) is 0 Å². The molecule has 2 amide bonds. The van der Waals surface area contributed by atoms with Crippen LogP contribution in [0, 0.1) is 5.92 Å². The molecule has 0 bridgehead atoms. The van der Waals surface area contributed by atoms with Crippen LogP contribution in [0.1, 0.15) is 11.6 Å². The molecule has 2 aliphatic rings. The smallest absolute Gasteiger partial charge is 0.266 e. The molecule has 0 aliphatic carbocycles. The normalized spacial score (nSPS) is 23.2. The van der Waals surface area contributed by atoms with Gasteiger partial charge in [-0.1, -0.05) is 53.5 Å². The largest absolute Gasteiger partial charge is 0.273 e. The first-order valence-electron chi connectivity index (χ1n) is 9.44. The summed E-state index contributed by atoms with van der Waals surface area (Å²) in [6.45, 7) is 0. The summed E-state index contributed by atoms with van der Waals surface area (Å²) in [5.74, 6) is -1.35. The predicted molar refractivity (Wildman–Crippen MR) is 115 cm³/mol. The number of nitrogens with zero attached hydrogens (tertiary/aromatic N) is 2. The van der Waals surface area contributed by atoms with Gasteiger partial charge in [-0.25, -0.2) is 9.96 Å². The van der Waals surface area contributed by atoms with E-state index in [0.29, 0.717) is 15.7 Å². The number of carbonyl (C=O) groups excluding carboxylic acids is 2. The molecule has 3 aromatic carbocycles. The third-order valence-electron chi connectivity index (χ3n) is 5.42. The molecule has 5 rings (SSSR count). The lowest BCUT2D eigenvalue weighted by atomic mass is 9.90. The van der Waals surface area contributed by atoms with E-state index in [9.17, 15) is 9.59 Å². The fourth-order valence-electron chi connectivity index (χ4n) is 4.06. The maximum atomic E-state index is 13.4. The summed E-state index contributed by atoms with van der Waals surface area (Å²) in [4.78, 5) is 33.9. The molecule has 2 fully saturated rings. The maximum absolute atomic E-state index is 13.4. The Kier molecular flexibility index (Phi) is 4.74. The molecule has 0 spiro atoms. The van der Waals surface area contributed by atoms with Crippen LogP contribution < -0.4 is 9.96 Å². The molecule has 2 saturated heterocycles. The second-order valence-electron chi connectivity index (χ2n) is 7.20. The van der Waals surface area contributed by atoms with E-state index in [-0.39, 0.29) is 11.8 Å². The predicted octanol–water partition coefficient (Wildman–Crippen LogP) is 5.04. The zero-order chi connectivity index (χ0) is 20.8. The molecule has 5 nitrogen and oxygen atoms in total. The van der Waals surface area contributed by atoms with Crippen LogP contribution in [-0.2, 0) is 14.4 Å². The second kappa shape index (κ2) is 7.43. The zero-order valence-corrected chi connectivity index (χ0v) is 17.1. The number of anilines is 2. The van der Waals surface area contributed by atoms with Crippen molar-refractivity contribution in [3.63, 3.8) is 0 Å². The van der Waals surface area contributed by atoms with Crippen LogP contribution in [0.4, 0.5) is 11.4 Å². The summed E-state index contributed by atoms with van der Waals surface area (Å²) < 4.78 is 0. The molecule has 0 saturated carbocycles. The van der Waals surface area contributed by atoms with Crippen molar-refractivity contribution in [2.45, 2.75) is 12.1 Å². The number of fused-ring (bicyclic) bond motifs is 1.